The first-order valence-corrected chi connectivity index (χ1v) is 5.51. The van der Waals surface area contributed by atoms with Crippen LogP contribution in [0.1, 0.15) is 5.56 Å². The van der Waals surface area contributed by atoms with Gasteiger partial charge in [-0.15, -0.1) is 0 Å². The topological polar surface area (TPSA) is 35.2 Å². The van der Waals surface area contributed by atoms with Gasteiger partial charge in [-0.25, -0.2) is 0 Å². The van der Waals surface area contributed by atoms with E-state index in [1.165, 1.54) is 0 Å². The molecule has 2 N–H and O–H groups in total. The Hall–Kier alpha value is -2.06. The van der Waals surface area contributed by atoms with Crippen molar-refractivity contribution in [1.29, 1.82) is 0 Å². The van der Waals surface area contributed by atoms with E-state index in [-0.39, 0.29) is 0 Å². The van der Waals surface area contributed by atoms with Crippen LogP contribution >= 0.6 is 0 Å². The standard InChI is InChI=1S/C15H15NO/c1-12(11-16)14-9-5-6-10-15(14)17-13-7-3-2-4-8-13/h2-10H,1,11,16H2. The molecule has 2 aromatic carbocycles. The molecule has 0 atom stereocenters. The first kappa shape index (κ1) is 11.4. The number of nitrogens with two attached hydrogens (primary N) is 1. The fourth-order valence-corrected chi connectivity index (χ4v) is 1.57. The molecule has 17 heavy (non-hydrogen) atoms. The highest BCUT2D eigenvalue weighted by molar-refractivity contribution is 5.70. The molecular formula is C15H15NO. The second-order valence-corrected chi connectivity index (χ2v) is 3.72. The van der Waals surface area contributed by atoms with Crippen LogP contribution < -0.4 is 10.5 Å². The highest BCUT2D eigenvalue weighted by Gasteiger charge is 2.06. The summed E-state index contributed by atoms with van der Waals surface area (Å²) in [5, 5.41) is 0. The third kappa shape index (κ3) is 2.74. The van der Waals surface area contributed by atoms with Gasteiger partial charge >= 0.3 is 0 Å². The van der Waals surface area contributed by atoms with E-state index >= 15 is 0 Å². The molecule has 0 fully saturated rings. The summed E-state index contributed by atoms with van der Waals surface area (Å²) in [7, 11) is 0. The summed E-state index contributed by atoms with van der Waals surface area (Å²) in [6.07, 6.45) is 0. The lowest BCUT2D eigenvalue weighted by Gasteiger charge is -2.11. The molecule has 0 aliphatic carbocycles. The number of hydrogen-bond acceptors (Lipinski definition) is 2. The number of benzene rings is 2. The molecule has 0 spiro atoms. The van der Waals surface area contributed by atoms with E-state index in [0.717, 1.165) is 22.6 Å². The first-order chi connectivity index (χ1) is 8.31. The minimum atomic E-state index is 0.426. The zero-order chi connectivity index (χ0) is 12.1. The van der Waals surface area contributed by atoms with Crippen molar-refractivity contribution in [3.63, 3.8) is 0 Å². The molecule has 86 valence electrons. The largest absolute Gasteiger partial charge is 0.457 e. The maximum atomic E-state index is 5.82. The van der Waals surface area contributed by atoms with Crippen molar-refractivity contribution >= 4 is 5.57 Å². The van der Waals surface area contributed by atoms with Crippen molar-refractivity contribution in [3.8, 4) is 11.5 Å². The van der Waals surface area contributed by atoms with Crippen LogP contribution in [0.2, 0.25) is 0 Å². The Balaban J connectivity index is 2.30. The molecule has 0 heterocycles. The van der Waals surface area contributed by atoms with E-state index in [9.17, 15) is 0 Å². The van der Waals surface area contributed by atoms with Crippen molar-refractivity contribution in [2.45, 2.75) is 0 Å². The van der Waals surface area contributed by atoms with E-state index in [1.807, 2.05) is 54.6 Å². The van der Waals surface area contributed by atoms with Gasteiger partial charge < -0.3 is 10.5 Å². The minimum Gasteiger partial charge on any atom is -0.457 e. The molecule has 0 aromatic heterocycles. The summed E-state index contributed by atoms with van der Waals surface area (Å²) in [5.74, 6) is 1.60. The molecule has 0 saturated heterocycles. The Morgan fingerprint density at radius 2 is 1.65 bits per heavy atom. The lowest BCUT2D eigenvalue weighted by molar-refractivity contribution is 0.481. The Labute approximate surface area is 101 Å². The second-order valence-electron chi connectivity index (χ2n) is 3.72. The predicted octanol–water partition coefficient (Wildman–Crippen LogP) is 3.45. The van der Waals surface area contributed by atoms with Crippen molar-refractivity contribution in [3.05, 3.63) is 66.7 Å². The van der Waals surface area contributed by atoms with Gasteiger partial charge in [0.1, 0.15) is 11.5 Å². The lowest BCUT2D eigenvalue weighted by atomic mass is 10.1. The Morgan fingerprint density at radius 1 is 1.00 bits per heavy atom. The van der Waals surface area contributed by atoms with Crippen LogP contribution in [0, 0.1) is 0 Å². The maximum absolute atomic E-state index is 5.82. The number of para-hydroxylation sites is 2. The molecule has 2 aromatic rings. The molecular weight excluding hydrogens is 210 g/mol. The zero-order valence-corrected chi connectivity index (χ0v) is 9.60. The van der Waals surface area contributed by atoms with E-state index in [0.29, 0.717) is 6.54 Å². The molecule has 0 aliphatic heterocycles. The van der Waals surface area contributed by atoms with Gasteiger partial charge in [-0.2, -0.15) is 0 Å². The molecule has 0 radical (unpaired) electrons. The van der Waals surface area contributed by atoms with Crippen molar-refractivity contribution < 1.29 is 4.74 Å². The lowest BCUT2D eigenvalue weighted by Crippen LogP contribution is -2.02. The molecule has 0 unspecified atom stereocenters. The SMILES string of the molecule is C=C(CN)c1ccccc1Oc1ccccc1. The van der Waals surface area contributed by atoms with Gasteiger partial charge in [0.2, 0.25) is 0 Å². The minimum absolute atomic E-state index is 0.426. The third-order valence-electron chi connectivity index (χ3n) is 2.49. The van der Waals surface area contributed by atoms with Gasteiger partial charge in [0.25, 0.3) is 0 Å². The number of rotatable bonds is 4. The maximum Gasteiger partial charge on any atom is 0.134 e. The van der Waals surface area contributed by atoms with Gasteiger partial charge in [0.05, 0.1) is 0 Å². The Morgan fingerprint density at radius 3 is 2.35 bits per heavy atom. The molecule has 0 aliphatic rings. The molecule has 0 amide bonds. The van der Waals surface area contributed by atoms with Gasteiger partial charge in [-0.05, 0) is 23.8 Å². The summed E-state index contributed by atoms with van der Waals surface area (Å²) in [6, 6.07) is 17.4. The van der Waals surface area contributed by atoms with Gasteiger partial charge in [0, 0.05) is 12.1 Å². The van der Waals surface area contributed by atoms with E-state index in [4.69, 9.17) is 10.5 Å². The highest BCUT2D eigenvalue weighted by atomic mass is 16.5. The Kier molecular flexibility index (Phi) is 3.58. The molecule has 2 heteroatoms. The quantitative estimate of drug-likeness (QED) is 0.865. The van der Waals surface area contributed by atoms with Crippen LogP contribution in [0.4, 0.5) is 0 Å². The number of hydrogen-bond donors (Lipinski definition) is 1. The van der Waals surface area contributed by atoms with Crippen LogP contribution in [0.25, 0.3) is 5.57 Å². The normalized spacial score (nSPS) is 9.94. The van der Waals surface area contributed by atoms with Crippen molar-refractivity contribution in [2.75, 3.05) is 6.54 Å². The van der Waals surface area contributed by atoms with Gasteiger partial charge in [0.15, 0.2) is 0 Å². The van der Waals surface area contributed by atoms with Crippen molar-refractivity contribution in [2.24, 2.45) is 5.73 Å². The monoisotopic (exact) mass is 225 g/mol. The zero-order valence-electron chi connectivity index (χ0n) is 9.60. The highest BCUT2D eigenvalue weighted by Crippen LogP contribution is 2.28. The summed E-state index contributed by atoms with van der Waals surface area (Å²) >= 11 is 0. The fraction of sp³-hybridized carbons (Fsp3) is 0.0667. The summed E-state index contributed by atoms with van der Waals surface area (Å²) in [5.41, 5.74) is 7.44. The van der Waals surface area contributed by atoms with Crippen LogP contribution in [-0.4, -0.2) is 6.54 Å². The average Bonchev–Trinajstić information content (AvgIpc) is 2.40. The second kappa shape index (κ2) is 5.32. The molecule has 2 nitrogen and oxygen atoms in total. The van der Waals surface area contributed by atoms with Crippen LogP contribution in [0.5, 0.6) is 11.5 Å². The number of ether oxygens (including phenoxy) is 1. The van der Waals surface area contributed by atoms with Crippen LogP contribution in [-0.2, 0) is 0 Å². The van der Waals surface area contributed by atoms with E-state index in [1.54, 1.807) is 0 Å². The van der Waals surface area contributed by atoms with Gasteiger partial charge in [-0.3, -0.25) is 0 Å². The fourth-order valence-electron chi connectivity index (χ4n) is 1.57. The van der Waals surface area contributed by atoms with Gasteiger partial charge in [-0.1, -0.05) is 43.0 Å². The molecule has 0 bridgehead atoms. The first-order valence-electron chi connectivity index (χ1n) is 5.51. The summed E-state index contributed by atoms with van der Waals surface area (Å²) in [4.78, 5) is 0. The van der Waals surface area contributed by atoms with Crippen molar-refractivity contribution in [1.82, 2.24) is 0 Å². The Bertz CT molecular complexity index is 505. The van der Waals surface area contributed by atoms with Crippen LogP contribution in [0.3, 0.4) is 0 Å². The summed E-state index contributed by atoms with van der Waals surface area (Å²) < 4.78 is 5.82. The summed E-state index contributed by atoms with van der Waals surface area (Å²) in [6.45, 7) is 4.37. The average molecular weight is 225 g/mol. The van der Waals surface area contributed by atoms with E-state index < -0.39 is 0 Å². The molecule has 0 saturated carbocycles. The van der Waals surface area contributed by atoms with E-state index in [2.05, 4.69) is 6.58 Å². The molecule has 2 rings (SSSR count). The predicted molar refractivity (Wildman–Crippen MR) is 71.0 cm³/mol. The third-order valence-corrected chi connectivity index (χ3v) is 2.49. The smallest absolute Gasteiger partial charge is 0.134 e. The van der Waals surface area contributed by atoms with Crippen LogP contribution in [0.15, 0.2) is 61.2 Å².